The van der Waals surface area contributed by atoms with E-state index in [1.807, 2.05) is 0 Å². The van der Waals surface area contributed by atoms with E-state index in [4.69, 9.17) is 11.6 Å². The van der Waals surface area contributed by atoms with E-state index in [1.165, 1.54) is 18.2 Å². The largest absolute Gasteiger partial charge is 0.350 e. The Morgan fingerprint density at radius 1 is 1.08 bits per heavy atom. The predicted molar refractivity (Wildman–Crippen MR) is 98.9 cm³/mol. The van der Waals surface area contributed by atoms with E-state index >= 15 is 0 Å². The Bertz CT molecular complexity index is 904. The van der Waals surface area contributed by atoms with Gasteiger partial charge in [-0.1, -0.05) is 35.9 Å². The van der Waals surface area contributed by atoms with Crippen LogP contribution in [-0.4, -0.2) is 20.4 Å². The molecule has 1 aliphatic carbocycles. The molecule has 0 aliphatic heterocycles. The van der Waals surface area contributed by atoms with Crippen LogP contribution in [0.25, 0.3) is 6.08 Å². The van der Waals surface area contributed by atoms with Gasteiger partial charge in [-0.25, -0.2) is 8.42 Å². The number of anilines is 1. The smallest absolute Gasteiger partial charge is 0.261 e. The van der Waals surface area contributed by atoms with E-state index in [1.54, 1.807) is 42.5 Å². The lowest BCUT2D eigenvalue weighted by molar-refractivity contribution is -0.116. The zero-order valence-corrected chi connectivity index (χ0v) is 14.8. The Kier molecular flexibility index (Phi) is 5.11. The van der Waals surface area contributed by atoms with Crippen molar-refractivity contribution in [1.82, 2.24) is 5.32 Å². The summed E-state index contributed by atoms with van der Waals surface area (Å²) in [4.78, 5) is 11.7. The first-order valence-electron chi connectivity index (χ1n) is 7.80. The molecule has 1 amide bonds. The van der Waals surface area contributed by atoms with Crippen LogP contribution in [0.3, 0.4) is 0 Å². The van der Waals surface area contributed by atoms with Crippen molar-refractivity contribution in [2.75, 3.05) is 4.72 Å². The minimum atomic E-state index is -3.73. The van der Waals surface area contributed by atoms with Crippen molar-refractivity contribution < 1.29 is 13.2 Å². The van der Waals surface area contributed by atoms with Crippen molar-refractivity contribution in [1.29, 1.82) is 0 Å². The topological polar surface area (TPSA) is 75.3 Å². The van der Waals surface area contributed by atoms with Crippen molar-refractivity contribution in [2.45, 2.75) is 23.8 Å². The highest BCUT2D eigenvalue weighted by atomic mass is 35.5. The lowest BCUT2D eigenvalue weighted by atomic mass is 10.2. The van der Waals surface area contributed by atoms with Gasteiger partial charge in [-0.15, -0.1) is 0 Å². The summed E-state index contributed by atoms with van der Waals surface area (Å²) in [6, 6.07) is 13.2. The van der Waals surface area contributed by atoms with Gasteiger partial charge in [-0.05, 0) is 48.7 Å². The third-order valence-electron chi connectivity index (χ3n) is 3.66. The number of hydrogen-bond donors (Lipinski definition) is 2. The number of halogens is 1. The molecule has 2 aromatic rings. The monoisotopic (exact) mass is 376 g/mol. The molecule has 0 spiro atoms. The van der Waals surface area contributed by atoms with Crippen molar-refractivity contribution >= 4 is 39.3 Å². The summed E-state index contributed by atoms with van der Waals surface area (Å²) in [6.07, 6.45) is 5.16. The molecule has 2 N–H and O–H groups in total. The van der Waals surface area contributed by atoms with Gasteiger partial charge in [0.1, 0.15) is 0 Å². The van der Waals surface area contributed by atoms with Gasteiger partial charge in [0, 0.05) is 12.1 Å². The summed E-state index contributed by atoms with van der Waals surface area (Å²) >= 11 is 5.98. The number of sulfonamides is 1. The maximum atomic E-state index is 12.4. The Morgan fingerprint density at radius 2 is 1.76 bits per heavy atom. The van der Waals surface area contributed by atoms with Gasteiger partial charge in [0.15, 0.2) is 0 Å². The van der Waals surface area contributed by atoms with Crippen LogP contribution in [0.1, 0.15) is 18.4 Å². The molecule has 1 fully saturated rings. The van der Waals surface area contributed by atoms with Crippen LogP contribution >= 0.6 is 11.6 Å². The maximum Gasteiger partial charge on any atom is 0.261 e. The summed E-state index contributed by atoms with van der Waals surface area (Å²) in [7, 11) is -3.73. The molecule has 0 radical (unpaired) electrons. The van der Waals surface area contributed by atoms with Crippen LogP contribution in [0.2, 0.25) is 5.02 Å². The molecule has 0 bridgehead atoms. The molecular weight excluding hydrogens is 360 g/mol. The first kappa shape index (κ1) is 17.5. The van der Waals surface area contributed by atoms with Gasteiger partial charge in [-0.2, -0.15) is 0 Å². The summed E-state index contributed by atoms with van der Waals surface area (Å²) in [5, 5.41) is 3.17. The average Bonchev–Trinajstić information content (AvgIpc) is 3.39. The SMILES string of the molecule is O=C(/C=C/c1ccc(S(=O)(=O)Nc2ccccc2Cl)cc1)NC1CC1. The molecule has 0 saturated heterocycles. The second-order valence-corrected chi connectivity index (χ2v) is 7.86. The molecule has 0 atom stereocenters. The first-order valence-corrected chi connectivity index (χ1v) is 9.66. The summed E-state index contributed by atoms with van der Waals surface area (Å²) in [5.41, 5.74) is 1.06. The number of carbonyl (C=O) groups excluding carboxylic acids is 1. The van der Waals surface area contributed by atoms with Crippen molar-refractivity contribution in [2.24, 2.45) is 0 Å². The van der Waals surface area contributed by atoms with Crippen LogP contribution in [0.5, 0.6) is 0 Å². The summed E-state index contributed by atoms with van der Waals surface area (Å²) in [5.74, 6) is -0.139. The standard InChI is InChI=1S/C18H17ClN2O3S/c19-16-3-1-2-4-17(16)21-25(23,24)15-10-5-13(6-11-15)7-12-18(22)20-14-8-9-14/h1-7,10-12,14,21H,8-9H2,(H,20,22)/b12-7+. The van der Waals surface area contributed by atoms with Gasteiger partial charge < -0.3 is 5.32 Å². The van der Waals surface area contributed by atoms with E-state index in [9.17, 15) is 13.2 Å². The molecule has 0 heterocycles. The van der Waals surface area contributed by atoms with Crippen molar-refractivity contribution in [3.63, 3.8) is 0 Å². The number of para-hydroxylation sites is 1. The van der Waals surface area contributed by atoms with Crippen LogP contribution in [-0.2, 0) is 14.8 Å². The molecular formula is C18H17ClN2O3S. The fraction of sp³-hybridized carbons (Fsp3) is 0.167. The molecule has 0 aromatic heterocycles. The second-order valence-electron chi connectivity index (χ2n) is 5.77. The molecule has 25 heavy (non-hydrogen) atoms. The number of rotatable bonds is 6. The fourth-order valence-corrected chi connectivity index (χ4v) is 3.47. The summed E-state index contributed by atoms with van der Waals surface area (Å²) in [6.45, 7) is 0. The molecule has 1 aliphatic rings. The highest BCUT2D eigenvalue weighted by molar-refractivity contribution is 7.92. The second kappa shape index (κ2) is 7.29. The summed E-state index contributed by atoms with van der Waals surface area (Å²) < 4.78 is 27.3. The van der Waals surface area contributed by atoms with E-state index in [0.717, 1.165) is 18.4 Å². The normalized spacial score (nSPS) is 14.4. The zero-order valence-electron chi connectivity index (χ0n) is 13.3. The van der Waals surface area contributed by atoms with E-state index in [-0.39, 0.29) is 10.8 Å². The van der Waals surface area contributed by atoms with E-state index in [2.05, 4.69) is 10.0 Å². The Labute approximate surface area is 151 Å². The quantitative estimate of drug-likeness (QED) is 0.758. The van der Waals surface area contributed by atoms with Gasteiger partial charge in [0.2, 0.25) is 5.91 Å². The van der Waals surface area contributed by atoms with Crippen LogP contribution < -0.4 is 10.0 Å². The molecule has 7 heteroatoms. The minimum Gasteiger partial charge on any atom is -0.350 e. The lowest BCUT2D eigenvalue weighted by Gasteiger charge is -2.09. The fourth-order valence-electron chi connectivity index (χ4n) is 2.15. The molecule has 0 unspecified atom stereocenters. The molecule has 3 rings (SSSR count). The molecule has 5 nitrogen and oxygen atoms in total. The number of amides is 1. The number of carbonyl (C=O) groups is 1. The van der Waals surface area contributed by atoms with Gasteiger partial charge >= 0.3 is 0 Å². The highest BCUT2D eigenvalue weighted by Gasteiger charge is 2.22. The Morgan fingerprint density at radius 3 is 2.40 bits per heavy atom. The molecule has 1 saturated carbocycles. The zero-order chi connectivity index (χ0) is 17.9. The number of nitrogens with one attached hydrogen (secondary N) is 2. The van der Waals surface area contributed by atoms with E-state index in [0.29, 0.717) is 16.8 Å². The maximum absolute atomic E-state index is 12.4. The number of hydrogen-bond acceptors (Lipinski definition) is 3. The van der Waals surface area contributed by atoms with Crippen molar-refractivity contribution in [3.8, 4) is 0 Å². The van der Waals surface area contributed by atoms with Gasteiger partial charge in [0.05, 0.1) is 15.6 Å². The first-order chi connectivity index (χ1) is 11.9. The predicted octanol–water partition coefficient (Wildman–Crippen LogP) is 3.43. The lowest BCUT2D eigenvalue weighted by Crippen LogP contribution is -2.22. The van der Waals surface area contributed by atoms with E-state index < -0.39 is 10.0 Å². The Balaban J connectivity index is 1.69. The number of benzene rings is 2. The minimum absolute atomic E-state index is 0.118. The van der Waals surface area contributed by atoms with Crippen LogP contribution in [0, 0.1) is 0 Å². The molecule has 2 aromatic carbocycles. The van der Waals surface area contributed by atoms with Gasteiger partial charge in [-0.3, -0.25) is 9.52 Å². The van der Waals surface area contributed by atoms with Gasteiger partial charge in [0.25, 0.3) is 10.0 Å². The Hall–Kier alpha value is -2.31. The third kappa shape index (κ3) is 4.84. The van der Waals surface area contributed by atoms with Crippen molar-refractivity contribution in [3.05, 3.63) is 65.2 Å². The third-order valence-corrected chi connectivity index (χ3v) is 5.37. The molecule has 130 valence electrons. The van der Waals surface area contributed by atoms with Crippen LogP contribution in [0.15, 0.2) is 59.5 Å². The highest BCUT2D eigenvalue weighted by Crippen LogP contribution is 2.24. The van der Waals surface area contributed by atoms with Crippen LogP contribution in [0.4, 0.5) is 5.69 Å². The average molecular weight is 377 g/mol.